The number of carbonyl (C=O) groups is 1. The number of aromatic nitrogens is 2. The Labute approximate surface area is 186 Å². The average Bonchev–Trinajstić information content (AvgIpc) is 2.72. The Morgan fingerprint density at radius 3 is 2.61 bits per heavy atom. The van der Waals surface area contributed by atoms with Crippen LogP contribution in [0.2, 0.25) is 0 Å². The number of nitrogens with one attached hydrogen (secondary N) is 2. The Balaban J connectivity index is 1.98. The lowest BCUT2D eigenvalue weighted by Crippen LogP contribution is -2.32. The normalized spacial score (nSPS) is 11.1. The summed E-state index contributed by atoms with van der Waals surface area (Å²) in [7, 11) is 0. The van der Waals surface area contributed by atoms with Crippen molar-refractivity contribution >= 4 is 33.9 Å². The monoisotopic (exact) mass is 484 g/mol. The number of para-hydroxylation sites is 1. The molecule has 0 saturated carbocycles. The van der Waals surface area contributed by atoms with Gasteiger partial charge in [0.15, 0.2) is 0 Å². The van der Waals surface area contributed by atoms with Crippen molar-refractivity contribution in [1.82, 2.24) is 9.55 Å². The lowest BCUT2D eigenvalue weighted by molar-refractivity contribution is 0.259. The van der Waals surface area contributed by atoms with Crippen molar-refractivity contribution in [2.24, 2.45) is 4.99 Å². The van der Waals surface area contributed by atoms with Gasteiger partial charge in [-0.1, -0.05) is 25.1 Å². The van der Waals surface area contributed by atoms with E-state index < -0.39 is 23.2 Å². The van der Waals surface area contributed by atoms with Crippen LogP contribution in [-0.2, 0) is 6.42 Å². The summed E-state index contributed by atoms with van der Waals surface area (Å²) in [6.45, 7) is 5.77. The van der Waals surface area contributed by atoms with E-state index in [9.17, 15) is 19.5 Å². The fraction of sp³-hybridized carbons (Fsp3) is 0.182. The van der Waals surface area contributed by atoms with Crippen molar-refractivity contribution in [2.75, 3.05) is 5.32 Å². The van der Waals surface area contributed by atoms with Crippen molar-refractivity contribution in [2.45, 2.75) is 27.2 Å². The smallest absolute Gasteiger partial charge is 0.345 e. The second-order valence-electron chi connectivity index (χ2n) is 6.92. The number of benzene rings is 2. The predicted molar refractivity (Wildman–Crippen MR) is 124 cm³/mol. The minimum atomic E-state index is -0.850. The summed E-state index contributed by atoms with van der Waals surface area (Å²) in [6.07, 6.45) is 1.54. The van der Waals surface area contributed by atoms with Gasteiger partial charge in [-0.2, -0.15) is 0 Å². The fourth-order valence-corrected chi connectivity index (χ4v) is 3.61. The third-order valence-corrected chi connectivity index (χ3v) is 5.53. The fourth-order valence-electron chi connectivity index (χ4n) is 3.05. The molecule has 9 heteroatoms. The second kappa shape index (κ2) is 9.13. The van der Waals surface area contributed by atoms with Crippen LogP contribution < -0.4 is 16.6 Å². The van der Waals surface area contributed by atoms with Gasteiger partial charge >= 0.3 is 11.7 Å². The summed E-state index contributed by atoms with van der Waals surface area (Å²) < 4.78 is 1.67. The maximum Gasteiger partial charge on any atom is 0.345 e. The zero-order valence-corrected chi connectivity index (χ0v) is 18.8. The number of hydrogen-bond donors (Lipinski definition) is 3. The van der Waals surface area contributed by atoms with Crippen molar-refractivity contribution in [3.63, 3.8) is 0 Å². The number of nitrogens with zero attached hydrogens (tertiary/aromatic N) is 2. The van der Waals surface area contributed by atoms with Crippen LogP contribution in [0.15, 0.2) is 55.5 Å². The van der Waals surface area contributed by atoms with Crippen molar-refractivity contribution in [3.05, 3.63) is 84.0 Å². The van der Waals surface area contributed by atoms with E-state index in [2.05, 4.69) is 31.2 Å². The molecule has 0 aliphatic carbocycles. The lowest BCUT2D eigenvalue weighted by Gasteiger charge is -2.13. The van der Waals surface area contributed by atoms with E-state index in [1.54, 1.807) is 18.2 Å². The van der Waals surface area contributed by atoms with Gasteiger partial charge in [-0.25, -0.2) is 19.1 Å². The van der Waals surface area contributed by atoms with E-state index in [0.717, 1.165) is 27.5 Å². The topological polar surface area (TPSA) is 117 Å². The van der Waals surface area contributed by atoms with Crippen molar-refractivity contribution < 1.29 is 9.90 Å². The highest BCUT2D eigenvalue weighted by Gasteiger charge is 2.16. The Morgan fingerprint density at radius 1 is 1.23 bits per heavy atom. The van der Waals surface area contributed by atoms with Crippen LogP contribution in [0.4, 0.5) is 10.5 Å². The average molecular weight is 485 g/mol. The third-order valence-electron chi connectivity index (χ3n) is 4.87. The summed E-state index contributed by atoms with van der Waals surface area (Å²) in [5, 5.41) is 13.3. The number of aromatic hydroxyl groups is 1. The summed E-state index contributed by atoms with van der Waals surface area (Å²) in [5.41, 5.74) is 1.84. The molecule has 3 rings (SSSR count). The van der Waals surface area contributed by atoms with Crippen LogP contribution in [0.1, 0.15) is 29.2 Å². The third kappa shape index (κ3) is 4.66. The number of aromatic amines is 1. The number of rotatable bonds is 4. The number of amides is 2. The van der Waals surface area contributed by atoms with Gasteiger partial charge in [-0.3, -0.25) is 9.78 Å². The molecule has 8 nitrogen and oxygen atoms in total. The van der Waals surface area contributed by atoms with E-state index in [-0.39, 0.29) is 5.56 Å². The number of urea groups is 1. The number of aryl methyl sites for hydroxylation is 3. The molecule has 0 bridgehead atoms. The van der Waals surface area contributed by atoms with Crippen LogP contribution in [0, 0.1) is 13.8 Å². The maximum absolute atomic E-state index is 12.4. The molecule has 0 fully saturated rings. The van der Waals surface area contributed by atoms with Crippen molar-refractivity contribution in [3.8, 4) is 11.6 Å². The van der Waals surface area contributed by atoms with E-state index in [1.165, 1.54) is 0 Å². The molecular weight excluding hydrogens is 464 g/mol. The Morgan fingerprint density at radius 2 is 1.90 bits per heavy atom. The zero-order valence-electron chi connectivity index (χ0n) is 17.2. The molecule has 0 radical (unpaired) electrons. The highest BCUT2D eigenvalue weighted by molar-refractivity contribution is 9.10. The number of H-pyrrole nitrogens is 1. The summed E-state index contributed by atoms with van der Waals surface area (Å²) in [4.78, 5) is 42.8. The van der Waals surface area contributed by atoms with E-state index in [1.807, 2.05) is 39.0 Å². The highest BCUT2D eigenvalue weighted by Crippen LogP contribution is 2.26. The van der Waals surface area contributed by atoms with E-state index in [0.29, 0.717) is 22.3 Å². The summed E-state index contributed by atoms with van der Waals surface area (Å²) in [6, 6.07) is 9.92. The van der Waals surface area contributed by atoms with Gasteiger partial charge in [0.1, 0.15) is 5.56 Å². The molecule has 0 spiro atoms. The molecule has 0 aliphatic rings. The van der Waals surface area contributed by atoms with E-state index in [4.69, 9.17) is 0 Å². The first-order chi connectivity index (χ1) is 14.7. The first kappa shape index (κ1) is 22.2. The summed E-state index contributed by atoms with van der Waals surface area (Å²) >= 11 is 3.39. The van der Waals surface area contributed by atoms with Gasteiger partial charge in [0, 0.05) is 4.47 Å². The minimum absolute atomic E-state index is 0.306. The largest absolute Gasteiger partial charge is 0.493 e. The number of aliphatic imine (C=N–C) groups is 1. The summed E-state index contributed by atoms with van der Waals surface area (Å²) in [5.74, 6) is -0.599. The van der Waals surface area contributed by atoms with Gasteiger partial charge in [0.25, 0.3) is 5.56 Å². The standard InChI is InChI=1S/C22H21BrN4O4/c1-4-14-7-5-6-8-18(14)27-20(29)15(19(28)26-22(27)31)11-24-21(30)25-17-10-13(3)12(2)9-16(17)23/h5-11,29H,4H2,1-3H3,(H,25,30)(H,26,28,31). The van der Waals surface area contributed by atoms with Gasteiger partial charge in [-0.05, 0) is 71.1 Å². The molecule has 160 valence electrons. The SMILES string of the molecule is CCc1ccccc1-n1c(O)c(C=NC(=O)Nc2cc(C)c(C)cc2Br)c(=O)[nH]c1=O. The molecule has 3 N–H and O–H groups in total. The van der Waals surface area contributed by atoms with Crippen molar-refractivity contribution in [1.29, 1.82) is 0 Å². The van der Waals surface area contributed by atoms with Gasteiger partial charge in [0.2, 0.25) is 5.88 Å². The molecule has 31 heavy (non-hydrogen) atoms. The predicted octanol–water partition coefficient (Wildman–Crippen LogP) is 3.82. The molecule has 0 unspecified atom stereocenters. The minimum Gasteiger partial charge on any atom is -0.493 e. The molecule has 2 amide bonds. The first-order valence-electron chi connectivity index (χ1n) is 9.51. The van der Waals surface area contributed by atoms with E-state index >= 15 is 0 Å². The Kier molecular flexibility index (Phi) is 6.55. The molecule has 0 atom stereocenters. The van der Waals surface area contributed by atoms with Gasteiger partial charge in [-0.15, -0.1) is 0 Å². The van der Waals surface area contributed by atoms with Crippen LogP contribution in [0.5, 0.6) is 5.88 Å². The number of anilines is 1. The van der Waals surface area contributed by atoms with Crippen LogP contribution in [0.3, 0.4) is 0 Å². The van der Waals surface area contributed by atoms with Crippen LogP contribution in [-0.4, -0.2) is 26.9 Å². The highest BCUT2D eigenvalue weighted by atomic mass is 79.9. The number of hydrogen-bond acceptors (Lipinski definition) is 4. The van der Waals surface area contributed by atoms with Gasteiger partial charge in [0.05, 0.1) is 17.6 Å². The lowest BCUT2D eigenvalue weighted by atomic mass is 10.1. The number of halogens is 1. The molecule has 0 saturated heterocycles. The van der Waals surface area contributed by atoms with Gasteiger partial charge < -0.3 is 10.4 Å². The first-order valence-corrected chi connectivity index (χ1v) is 10.3. The molecule has 1 heterocycles. The number of carbonyl (C=O) groups excluding carboxylic acids is 1. The zero-order chi connectivity index (χ0) is 22.7. The molecule has 3 aromatic rings. The maximum atomic E-state index is 12.4. The molecule has 2 aromatic carbocycles. The molecule has 1 aromatic heterocycles. The Bertz CT molecular complexity index is 1310. The second-order valence-corrected chi connectivity index (χ2v) is 7.77. The Hall–Kier alpha value is -3.46. The van der Waals surface area contributed by atoms with Crippen LogP contribution >= 0.6 is 15.9 Å². The molecule has 0 aliphatic heterocycles. The quantitative estimate of drug-likeness (QED) is 0.487. The molecular formula is C22H21BrN4O4. The van der Waals surface area contributed by atoms with Crippen LogP contribution in [0.25, 0.3) is 5.69 Å².